The number of ether oxygens (including phenoxy) is 1. The largest absolute Gasteiger partial charge is 0.469 e. The highest BCUT2D eigenvalue weighted by molar-refractivity contribution is 7.98. The summed E-state index contributed by atoms with van der Waals surface area (Å²) in [5, 5.41) is 3.87. The minimum absolute atomic E-state index is 0.0679. The van der Waals surface area contributed by atoms with Gasteiger partial charge in [0.1, 0.15) is 5.76 Å². The fourth-order valence-corrected chi connectivity index (χ4v) is 3.19. The third kappa shape index (κ3) is 5.63. The van der Waals surface area contributed by atoms with Crippen LogP contribution in [-0.2, 0) is 15.3 Å². The van der Waals surface area contributed by atoms with E-state index in [1.807, 2.05) is 37.3 Å². The van der Waals surface area contributed by atoms with Crippen molar-refractivity contribution >= 4 is 23.6 Å². The van der Waals surface area contributed by atoms with Gasteiger partial charge in [0.15, 0.2) is 0 Å². The number of amides is 1. The van der Waals surface area contributed by atoms with Gasteiger partial charge in [0.05, 0.1) is 24.1 Å². The lowest BCUT2D eigenvalue weighted by atomic mass is 10.2. The Balaban J connectivity index is 1.97. The molecule has 0 atom stereocenters. The first kappa shape index (κ1) is 19.1. The summed E-state index contributed by atoms with van der Waals surface area (Å²) in [6, 6.07) is 9.37. The van der Waals surface area contributed by atoms with Gasteiger partial charge in [-0.3, -0.25) is 9.59 Å². The van der Waals surface area contributed by atoms with Crippen LogP contribution in [0.3, 0.4) is 0 Å². The first-order valence-electron chi connectivity index (χ1n) is 7.97. The standard InChI is InChI=1S/C18H22N2O4S/c1-13-11-14(24-19-13)12-25-16-8-5-4-7-15(16)18(22)20(2)10-6-9-17(21)23-3/h4-5,7-8,11H,6,9-10,12H2,1-3H3. The second kappa shape index (κ2) is 9.27. The molecule has 0 unspecified atom stereocenters. The van der Waals surface area contributed by atoms with Crippen LogP contribution in [0.15, 0.2) is 39.8 Å². The maximum atomic E-state index is 12.7. The highest BCUT2D eigenvalue weighted by Gasteiger charge is 2.16. The number of carbonyl (C=O) groups is 2. The van der Waals surface area contributed by atoms with Gasteiger partial charge in [0.2, 0.25) is 0 Å². The Morgan fingerprint density at radius 2 is 2.08 bits per heavy atom. The minimum atomic E-state index is -0.265. The highest BCUT2D eigenvalue weighted by atomic mass is 32.2. The number of hydrogen-bond donors (Lipinski definition) is 0. The average molecular weight is 362 g/mol. The molecular weight excluding hydrogens is 340 g/mol. The Morgan fingerprint density at radius 3 is 2.76 bits per heavy atom. The molecule has 0 saturated carbocycles. The molecule has 0 bridgehead atoms. The van der Waals surface area contributed by atoms with Crippen LogP contribution in [-0.4, -0.2) is 42.6 Å². The fourth-order valence-electron chi connectivity index (χ4n) is 2.27. The Morgan fingerprint density at radius 1 is 1.32 bits per heavy atom. The van der Waals surface area contributed by atoms with Crippen molar-refractivity contribution in [2.75, 3.05) is 20.7 Å². The molecule has 0 N–H and O–H groups in total. The number of aryl methyl sites for hydroxylation is 1. The van der Waals surface area contributed by atoms with E-state index in [1.165, 1.54) is 18.9 Å². The fraction of sp³-hybridized carbons (Fsp3) is 0.389. The average Bonchev–Trinajstić information content (AvgIpc) is 3.04. The van der Waals surface area contributed by atoms with E-state index >= 15 is 0 Å². The Hall–Kier alpha value is -2.28. The molecule has 7 heteroatoms. The van der Waals surface area contributed by atoms with E-state index < -0.39 is 0 Å². The molecular formula is C18H22N2O4S. The van der Waals surface area contributed by atoms with Crippen molar-refractivity contribution in [1.29, 1.82) is 0 Å². The molecule has 2 rings (SSSR count). The third-order valence-corrected chi connectivity index (χ3v) is 4.71. The van der Waals surface area contributed by atoms with Crippen LogP contribution in [0, 0.1) is 6.92 Å². The van der Waals surface area contributed by atoms with Gasteiger partial charge in [-0.15, -0.1) is 11.8 Å². The molecule has 0 aliphatic heterocycles. The number of methoxy groups -OCH3 is 1. The SMILES string of the molecule is COC(=O)CCCN(C)C(=O)c1ccccc1SCc1cc(C)no1. The maximum absolute atomic E-state index is 12.7. The van der Waals surface area contributed by atoms with E-state index in [2.05, 4.69) is 9.89 Å². The number of benzene rings is 1. The molecule has 0 fully saturated rings. The molecule has 6 nitrogen and oxygen atoms in total. The Labute approximate surface area is 151 Å². The molecule has 134 valence electrons. The lowest BCUT2D eigenvalue weighted by Gasteiger charge is -2.18. The van der Waals surface area contributed by atoms with Crippen LogP contribution in [0.25, 0.3) is 0 Å². The van der Waals surface area contributed by atoms with Gasteiger partial charge < -0.3 is 14.2 Å². The van der Waals surface area contributed by atoms with E-state index in [0.717, 1.165) is 16.3 Å². The molecule has 2 aromatic rings. The molecule has 1 aromatic heterocycles. The second-order valence-corrected chi connectivity index (χ2v) is 6.64. The van der Waals surface area contributed by atoms with Crippen molar-refractivity contribution in [3.63, 3.8) is 0 Å². The van der Waals surface area contributed by atoms with E-state index in [4.69, 9.17) is 4.52 Å². The van der Waals surface area contributed by atoms with Crippen LogP contribution in [0.5, 0.6) is 0 Å². The predicted octanol–water partition coefficient (Wildman–Crippen LogP) is 3.30. The molecule has 0 saturated heterocycles. The summed E-state index contributed by atoms with van der Waals surface area (Å²) >= 11 is 1.54. The number of rotatable bonds is 8. The first-order chi connectivity index (χ1) is 12.0. The first-order valence-corrected chi connectivity index (χ1v) is 8.96. The van der Waals surface area contributed by atoms with Gasteiger partial charge in [-0.2, -0.15) is 0 Å². The van der Waals surface area contributed by atoms with Crippen LogP contribution in [0.4, 0.5) is 0 Å². The van der Waals surface area contributed by atoms with Crippen molar-refractivity contribution in [2.45, 2.75) is 30.4 Å². The number of carbonyl (C=O) groups excluding carboxylic acids is 2. The van der Waals surface area contributed by atoms with Gasteiger partial charge >= 0.3 is 5.97 Å². The summed E-state index contributed by atoms with van der Waals surface area (Å²) in [7, 11) is 3.10. The quantitative estimate of drug-likeness (QED) is 0.530. The topological polar surface area (TPSA) is 72.6 Å². The van der Waals surface area contributed by atoms with E-state index in [0.29, 0.717) is 30.7 Å². The number of nitrogens with zero attached hydrogens (tertiary/aromatic N) is 2. The Kier molecular flexibility index (Phi) is 7.06. The zero-order valence-corrected chi connectivity index (χ0v) is 15.5. The molecule has 0 aliphatic carbocycles. The van der Waals surface area contributed by atoms with Crippen LogP contribution in [0.2, 0.25) is 0 Å². The number of esters is 1. The number of hydrogen-bond acceptors (Lipinski definition) is 6. The van der Waals surface area contributed by atoms with E-state index in [9.17, 15) is 9.59 Å². The van der Waals surface area contributed by atoms with Gasteiger partial charge in [0.25, 0.3) is 5.91 Å². The molecule has 1 heterocycles. The zero-order chi connectivity index (χ0) is 18.2. The van der Waals surface area contributed by atoms with Crippen LogP contribution in [0.1, 0.15) is 34.7 Å². The van der Waals surface area contributed by atoms with E-state index in [1.54, 1.807) is 11.9 Å². The monoisotopic (exact) mass is 362 g/mol. The lowest BCUT2D eigenvalue weighted by Crippen LogP contribution is -2.28. The lowest BCUT2D eigenvalue weighted by molar-refractivity contribution is -0.140. The minimum Gasteiger partial charge on any atom is -0.469 e. The smallest absolute Gasteiger partial charge is 0.305 e. The van der Waals surface area contributed by atoms with Gasteiger partial charge in [-0.05, 0) is 25.5 Å². The summed E-state index contributed by atoms with van der Waals surface area (Å²) in [6.45, 7) is 2.37. The highest BCUT2D eigenvalue weighted by Crippen LogP contribution is 2.27. The molecule has 1 aromatic carbocycles. The Bertz CT molecular complexity index is 729. The van der Waals surface area contributed by atoms with Gasteiger partial charge in [-0.1, -0.05) is 17.3 Å². The van der Waals surface area contributed by atoms with Crippen LogP contribution < -0.4 is 0 Å². The molecule has 1 amide bonds. The maximum Gasteiger partial charge on any atom is 0.305 e. The summed E-state index contributed by atoms with van der Waals surface area (Å²) in [5.41, 5.74) is 1.48. The van der Waals surface area contributed by atoms with E-state index in [-0.39, 0.29) is 11.9 Å². The molecule has 0 radical (unpaired) electrons. The van der Waals surface area contributed by atoms with Crippen molar-refractivity contribution in [1.82, 2.24) is 10.1 Å². The van der Waals surface area contributed by atoms with Gasteiger partial charge in [0, 0.05) is 31.0 Å². The number of aromatic nitrogens is 1. The normalized spacial score (nSPS) is 10.5. The molecule has 25 heavy (non-hydrogen) atoms. The summed E-state index contributed by atoms with van der Waals surface area (Å²) in [6.07, 6.45) is 0.872. The third-order valence-electron chi connectivity index (χ3n) is 3.61. The van der Waals surface area contributed by atoms with Crippen molar-refractivity contribution in [3.05, 3.63) is 47.3 Å². The van der Waals surface area contributed by atoms with Crippen LogP contribution >= 0.6 is 11.8 Å². The summed E-state index contributed by atoms with van der Waals surface area (Å²) in [5.74, 6) is 1.05. The zero-order valence-electron chi connectivity index (χ0n) is 14.7. The summed E-state index contributed by atoms with van der Waals surface area (Å²) < 4.78 is 9.82. The predicted molar refractivity (Wildman–Crippen MR) is 95.5 cm³/mol. The molecule has 0 spiro atoms. The van der Waals surface area contributed by atoms with Crippen molar-refractivity contribution in [2.24, 2.45) is 0 Å². The van der Waals surface area contributed by atoms with Crippen molar-refractivity contribution in [3.8, 4) is 0 Å². The summed E-state index contributed by atoms with van der Waals surface area (Å²) in [4.78, 5) is 26.4. The van der Waals surface area contributed by atoms with Gasteiger partial charge in [-0.25, -0.2) is 0 Å². The number of thioether (sulfide) groups is 1. The second-order valence-electron chi connectivity index (χ2n) is 5.63. The van der Waals surface area contributed by atoms with Crippen molar-refractivity contribution < 1.29 is 18.8 Å². The molecule has 0 aliphatic rings.